The summed E-state index contributed by atoms with van der Waals surface area (Å²) in [4.78, 5) is 17.3. The fourth-order valence-corrected chi connectivity index (χ4v) is 3.44. The molecule has 0 bridgehead atoms. The summed E-state index contributed by atoms with van der Waals surface area (Å²) in [6.07, 6.45) is 6.32. The van der Waals surface area contributed by atoms with Crippen molar-refractivity contribution in [1.29, 1.82) is 0 Å². The third-order valence-electron chi connectivity index (χ3n) is 4.85. The lowest BCUT2D eigenvalue weighted by molar-refractivity contribution is -0.141. The summed E-state index contributed by atoms with van der Waals surface area (Å²) < 4.78 is 1.54. The number of carbonyl (C=O) groups excluding carboxylic acids is 1. The van der Waals surface area contributed by atoms with Crippen LogP contribution in [0.15, 0.2) is 6.33 Å². The number of rotatable bonds is 3. The lowest BCUT2D eigenvalue weighted by atomic mass is 9.98. The van der Waals surface area contributed by atoms with Gasteiger partial charge in [-0.05, 0) is 63.0 Å². The minimum absolute atomic E-state index is 0.106. The molecule has 21 heavy (non-hydrogen) atoms. The van der Waals surface area contributed by atoms with Crippen LogP contribution in [0, 0.1) is 0 Å². The van der Waals surface area contributed by atoms with E-state index in [1.807, 2.05) is 18.7 Å². The van der Waals surface area contributed by atoms with Crippen molar-refractivity contribution in [2.45, 2.75) is 51.1 Å². The van der Waals surface area contributed by atoms with Gasteiger partial charge in [0.1, 0.15) is 11.9 Å². The highest BCUT2D eigenvalue weighted by molar-refractivity contribution is 5.83. The highest BCUT2D eigenvalue weighted by Crippen LogP contribution is 2.24. The molecule has 1 aromatic rings. The fraction of sp³-hybridized carbons (Fsp3) is 0.857. The molecule has 7 nitrogen and oxygen atoms in total. The monoisotopic (exact) mass is 292 g/mol. The van der Waals surface area contributed by atoms with Gasteiger partial charge in [0.15, 0.2) is 0 Å². The maximum atomic E-state index is 12.7. The van der Waals surface area contributed by atoms with Crippen LogP contribution in [0.5, 0.6) is 0 Å². The van der Waals surface area contributed by atoms with Crippen molar-refractivity contribution in [2.24, 2.45) is 0 Å². The van der Waals surface area contributed by atoms with Crippen LogP contribution in [0.3, 0.4) is 0 Å². The molecule has 1 aromatic heterocycles. The Morgan fingerprint density at radius 1 is 1.14 bits per heavy atom. The summed E-state index contributed by atoms with van der Waals surface area (Å²) in [5.41, 5.74) is -0.718. The normalized spacial score (nSPS) is 21.9. The van der Waals surface area contributed by atoms with E-state index in [1.165, 1.54) is 32.3 Å². The molecule has 2 aliphatic rings. The van der Waals surface area contributed by atoms with E-state index in [2.05, 4.69) is 20.4 Å². The van der Waals surface area contributed by atoms with Gasteiger partial charge in [-0.2, -0.15) is 0 Å². The quantitative estimate of drug-likeness (QED) is 0.811. The minimum Gasteiger partial charge on any atom is -0.340 e. The topological polar surface area (TPSA) is 67.2 Å². The van der Waals surface area contributed by atoms with E-state index in [9.17, 15) is 4.79 Å². The van der Waals surface area contributed by atoms with Gasteiger partial charge in [0, 0.05) is 19.1 Å². The lowest BCUT2D eigenvalue weighted by Crippen LogP contribution is -2.52. The maximum Gasteiger partial charge on any atom is 0.250 e. The molecule has 0 N–H and O–H groups in total. The SMILES string of the molecule is CC(C)(C(=O)N1CCC(N2CCCC2)CC1)n1cnnn1. The fourth-order valence-electron chi connectivity index (χ4n) is 3.44. The summed E-state index contributed by atoms with van der Waals surface area (Å²) in [5, 5.41) is 11.2. The largest absolute Gasteiger partial charge is 0.340 e. The predicted molar refractivity (Wildman–Crippen MR) is 77.5 cm³/mol. The highest BCUT2D eigenvalue weighted by Gasteiger charge is 2.37. The Morgan fingerprint density at radius 3 is 2.38 bits per heavy atom. The van der Waals surface area contributed by atoms with Crippen LogP contribution in [0.2, 0.25) is 0 Å². The van der Waals surface area contributed by atoms with E-state index in [0.717, 1.165) is 25.9 Å². The molecule has 0 aliphatic carbocycles. The van der Waals surface area contributed by atoms with Gasteiger partial charge >= 0.3 is 0 Å². The average Bonchev–Trinajstić information content (AvgIpc) is 3.19. The lowest BCUT2D eigenvalue weighted by Gasteiger charge is -2.39. The van der Waals surface area contributed by atoms with Crippen LogP contribution in [-0.2, 0) is 10.3 Å². The third-order valence-corrected chi connectivity index (χ3v) is 4.85. The molecule has 3 rings (SSSR count). The Balaban J connectivity index is 1.60. The molecule has 0 spiro atoms. The van der Waals surface area contributed by atoms with E-state index in [4.69, 9.17) is 0 Å². The number of nitrogens with zero attached hydrogens (tertiary/aromatic N) is 6. The zero-order valence-electron chi connectivity index (χ0n) is 12.9. The van der Waals surface area contributed by atoms with Crippen LogP contribution in [0.25, 0.3) is 0 Å². The molecule has 1 amide bonds. The first-order chi connectivity index (χ1) is 10.1. The van der Waals surface area contributed by atoms with Gasteiger partial charge in [-0.3, -0.25) is 4.79 Å². The minimum atomic E-state index is -0.718. The van der Waals surface area contributed by atoms with E-state index in [-0.39, 0.29) is 5.91 Å². The predicted octanol–water partition coefficient (Wildman–Crippen LogP) is 0.495. The first-order valence-corrected chi connectivity index (χ1v) is 7.86. The zero-order chi connectivity index (χ0) is 14.9. The van der Waals surface area contributed by atoms with Crippen molar-refractivity contribution < 1.29 is 4.79 Å². The molecule has 0 radical (unpaired) electrons. The molecule has 0 unspecified atom stereocenters. The molecule has 2 fully saturated rings. The average molecular weight is 292 g/mol. The van der Waals surface area contributed by atoms with Crippen molar-refractivity contribution >= 4 is 5.91 Å². The molecule has 0 aromatic carbocycles. The van der Waals surface area contributed by atoms with Gasteiger partial charge in [0.05, 0.1) is 0 Å². The maximum absolute atomic E-state index is 12.7. The van der Waals surface area contributed by atoms with Crippen molar-refractivity contribution in [3.8, 4) is 0 Å². The number of hydrogen-bond donors (Lipinski definition) is 0. The first kappa shape index (κ1) is 14.4. The number of likely N-dealkylation sites (tertiary alicyclic amines) is 2. The van der Waals surface area contributed by atoms with Gasteiger partial charge in [-0.1, -0.05) is 0 Å². The summed E-state index contributed by atoms with van der Waals surface area (Å²) in [5.74, 6) is 0.106. The number of tetrazole rings is 1. The van der Waals surface area contributed by atoms with E-state index >= 15 is 0 Å². The van der Waals surface area contributed by atoms with Gasteiger partial charge in [0.25, 0.3) is 0 Å². The standard InChI is InChI=1S/C14H24N6O/c1-14(2,20-11-15-16-17-20)13(21)19-9-5-12(6-10-19)18-7-3-4-8-18/h11-12H,3-10H2,1-2H3. The molecular formula is C14H24N6O. The van der Waals surface area contributed by atoms with Gasteiger partial charge < -0.3 is 9.80 Å². The Kier molecular flexibility index (Phi) is 3.93. The van der Waals surface area contributed by atoms with Crippen molar-refractivity contribution in [2.75, 3.05) is 26.2 Å². The van der Waals surface area contributed by atoms with E-state index in [1.54, 1.807) is 4.68 Å². The third kappa shape index (κ3) is 2.79. The van der Waals surface area contributed by atoms with Crippen molar-refractivity contribution in [3.63, 3.8) is 0 Å². The molecule has 116 valence electrons. The van der Waals surface area contributed by atoms with Crippen LogP contribution >= 0.6 is 0 Å². The van der Waals surface area contributed by atoms with Crippen LogP contribution < -0.4 is 0 Å². The summed E-state index contributed by atoms with van der Waals surface area (Å²) in [6, 6.07) is 0.660. The Morgan fingerprint density at radius 2 is 1.81 bits per heavy atom. The first-order valence-electron chi connectivity index (χ1n) is 7.86. The number of amides is 1. The van der Waals surface area contributed by atoms with E-state index < -0.39 is 5.54 Å². The second kappa shape index (κ2) is 5.71. The number of carbonyl (C=O) groups is 1. The van der Waals surface area contributed by atoms with Crippen LogP contribution in [0.4, 0.5) is 0 Å². The van der Waals surface area contributed by atoms with Gasteiger partial charge in [0.2, 0.25) is 5.91 Å². The molecule has 0 atom stereocenters. The van der Waals surface area contributed by atoms with Gasteiger partial charge in [-0.15, -0.1) is 5.10 Å². The molecule has 2 aliphatic heterocycles. The summed E-state index contributed by atoms with van der Waals surface area (Å²) in [6.45, 7) is 7.89. The molecule has 2 saturated heterocycles. The second-order valence-electron chi connectivity index (χ2n) is 6.58. The van der Waals surface area contributed by atoms with Gasteiger partial charge in [-0.25, -0.2) is 4.68 Å². The number of piperidine rings is 1. The zero-order valence-corrected chi connectivity index (χ0v) is 12.9. The number of aromatic nitrogens is 4. The number of hydrogen-bond acceptors (Lipinski definition) is 5. The van der Waals surface area contributed by atoms with E-state index in [0.29, 0.717) is 6.04 Å². The molecule has 0 saturated carbocycles. The Bertz CT molecular complexity index is 472. The molecule has 3 heterocycles. The van der Waals surface area contributed by atoms with Crippen LogP contribution in [-0.4, -0.2) is 68.1 Å². The summed E-state index contributed by atoms with van der Waals surface area (Å²) in [7, 11) is 0. The molecular weight excluding hydrogens is 268 g/mol. The Hall–Kier alpha value is -1.50. The van der Waals surface area contributed by atoms with Crippen LogP contribution in [0.1, 0.15) is 39.5 Å². The highest BCUT2D eigenvalue weighted by atomic mass is 16.2. The van der Waals surface area contributed by atoms with Crippen molar-refractivity contribution in [3.05, 3.63) is 6.33 Å². The Labute approximate surface area is 125 Å². The second-order valence-corrected chi connectivity index (χ2v) is 6.58. The summed E-state index contributed by atoms with van der Waals surface area (Å²) >= 11 is 0. The smallest absolute Gasteiger partial charge is 0.250 e. The van der Waals surface area contributed by atoms with Crippen molar-refractivity contribution in [1.82, 2.24) is 30.0 Å². The molecule has 7 heteroatoms.